The molecule has 4 rings (SSSR count). The Labute approximate surface area is 135 Å². The van der Waals surface area contributed by atoms with E-state index in [-0.39, 0.29) is 5.78 Å². The fraction of sp³-hybridized carbons (Fsp3) is 0.316. The maximum Gasteiger partial charge on any atom is 0.178 e. The van der Waals surface area contributed by atoms with E-state index < -0.39 is 0 Å². The number of pyridine rings is 1. The average molecular weight is 303 g/mol. The largest absolute Gasteiger partial charge is 0.354 e. The number of hydrogen-bond acceptors (Lipinski definition) is 4. The van der Waals surface area contributed by atoms with Gasteiger partial charge in [0, 0.05) is 12.6 Å². The number of hydrogen-bond donors (Lipinski definition) is 1. The molecule has 114 valence electrons. The highest BCUT2D eigenvalue weighted by Gasteiger charge is 2.41. The third-order valence-corrected chi connectivity index (χ3v) is 5.01. The van der Waals surface area contributed by atoms with Gasteiger partial charge >= 0.3 is 0 Å². The van der Waals surface area contributed by atoms with E-state index in [2.05, 4.69) is 16.4 Å². The summed E-state index contributed by atoms with van der Waals surface area (Å²) in [4.78, 5) is 16.3. The fourth-order valence-corrected chi connectivity index (χ4v) is 4.10. The molecule has 2 aliphatic rings. The first-order valence-corrected chi connectivity index (χ1v) is 7.98. The summed E-state index contributed by atoms with van der Waals surface area (Å²) in [6.07, 6.45) is 5.25. The van der Waals surface area contributed by atoms with E-state index in [4.69, 9.17) is 5.26 Å². The van der Waals surface area contributed by atoms with Gasteiger partial charge in [-0.2, -0.15) is 5.26 Å². The van der Waals surface area contributed by atoms with Gasteiger partial charge in [0.05, 0.1) is 23.5 Å². The van der Waals surface area contributed by atoms with Crippen molar-refractivity contribution >= 4 is 17.2 Å². The molecule has 0 spiro atoms. The number of benzene rings is 1. The lowest BCUT2D eigenvalue weighted by Crippen LogP contribution is -2.11. The van der Waals surface area contributed by atoms with Gasteiger partial charge in [-0.25, -0.2) is 0 Å². The van der Waals surface area contributed by atoms with Gasteiger partial charge in [-0.1, -0.05) is 6.07 Å². The number of nitrogens with zero attached hydrogens (tertiary/aromatic N) is 2. The first-order chi connectivity index (χ1) is 11.2. The highest BCUT2D eigenvalue weighted by molar-refractivity contribution is 5.95. The number of aromatic nitrogens is 1. The number of fused-ring (bicyclic) bond motifs is 5. The quantitative estimate of drug-likeness (QED) is 0.860. The van der Waals surface area contributed by atoms with E-state index in [1.807, 2.05) is 18.2 Å². The van der Waals surface area contributed by atoms with Gasteiger partial charge in [0.25, 0.3) is 0 Å². The Kier molecular flexibility index (Phi) is 3.16. The van der Waals surface area contributed by atoms with Crippen molar-refractivity contribution in [2.45, 2.75) is 38.0 Å². The van der Waals surface area contributed by atoms with Gasteiger partial charge in [-0.05, 0) is 60.4 Å². The van der Waals surface area contributed by atoms with Crippen molar-refractivity contribution in [2.75, 3.05) is 5.32 Å². The number of rotatable bonds is 3. The number of anilines is 2. The summed E-state index contributed by atoms with van der Waals surface area (Å²) in [5.41, 5.74) is 5.56. The number of ketones is 1. The van der Waals surface area contributed by atoms with E-state index in [0.717, 1.165) is 29.8 Å². The third-order valence-electron chi connectivity index (χ3n) is 5.01. The van der Waals surface area contributed by atoms with Crippen LogP contribution in [0.5, 0.6) is 0 Å². The first kappa shape index (κ1) is 14.0. The lowest BCUT2D eigenvalue weighted by atomic mass is 9.89. The van der Waals surface area contributed by atoms with Crippen LogP contribution < -0.4 is 5.32 Å². The molecule has 1 heterocycles. The Hall–Kier alpha value is -2.67. The van der Waals surface area contributed by atoms with Crippen LogP contribution in [0.3, 0.4) is 0 Å². The molecular weight excluding hydrogens is 286 g/mol. The zero-order valence-corrected chi connectivity index (χ0v) is 13.0. The van der Waals surface area contributed by atoms with Gasteiger partial charge in [0.15, 0.2) is 5.78 Å². The van der Waals surface area contributed by atoms with Gasteiger partial charge in [0.2, 0.25) is 0 Å². The van der Waals surface area contributed by atoms with Crippen LogP contribution in [0.4, 0.5) is 11.4 Å². The minimum Gasteiger partial charge on any atom is -0.354 e. The van der Waals surface area contributed by atoms with Crippen molar-refractivity contribution in [1.29, 1.82) is 5.26 Å². The summed E-state index contributed by atoms with van der Waals surface area (Å²) in [5, 5.41) is 12.4. The molecular formula is C19H17N3O. The van der Waals surface area contributed by atoms with Crippen LogP contribution in [-0.2, 0) is 0 Å². The second-order valence-electron chi connectivity index (χ2n) is 6.43. The summed E-state index contributed by atoms with van der Waals surface area (Å²) < 4.78 is 0. The van der Waals surface area contributed by atoms with Crippen molar-refractivity contribution in [3.63, 3.8) is 0 Å². The SMILES string of the molecule is CC(=O)c1ncc(Nc2cccc(C#N)c2)c2c1C1CCC2C1. The molecule has 0 amide bonds. The number of Topliss-reactive ketones (excluding diaryl/α,β-unsaturated/α-hetero) is 1. The molecule has 4 nitrogen and oxygen atoms in total. The molecule has 2 atom stereocenters. The minimum atomic E-state index is 0.0480. The highest BCUT2D eigenvalue weighted by atomic mass is 16.1. The topological polar surface area (TPSA) is 65.8 Å². The molecule has 1 saturated carbocycles. The summed E-state index contributed by atoms with van der Waals surface area (Å²) >= 11 is 0. The second kappa shape index (κ2) is 5.20. The van der Waals surface area contributed by atoms with Gasteiger partial charge < -0.3 is 5.32 Å². The fourth-order valence-electron chi connectivity index (χ4n) is 4.10. The maximum atomic E-state index is 11.9. The number of carbonyl (C=O) groups is 1. The van der Waals surface area contributed by atoms with Crippen molar-refractivity contribution in [1.82, 2.24) is 4.98 Å². The second-order valence-corrected chi connectivity index (χ2v) is 6.43. The standard InChI is InChI=1S/C19H17N3O/c1-11(23)19-18-14-6-5-13(8-14)17(18)16(10-21-19)22-15-4-2-3-12(7-15)9-20/h2-4,7,10,13-14,22H,5-6,8H2,1H3. The summed E-state index contributed by atoms with van der Waals surface area (Å²) in [6.45, 7) is 1.60. The molecule has 1 aromatic carbocycles. The smallest absolute Gasteiger partial charge is 0.178 e. The molecule has 2 aromatic rings. The number of nitrogens with one attached hydrogen (secondary N) is 1. The number of carbonyl (C=O) groups excluding carboxylic acids is 1. The van der Waals surface area contributed by atoms with Crippen molar-refractivity contribution in [3.8, 4) is 6.07 Å². The summed E-state index contributed by atoms with van der Waals surface area (Å²) in [7, 11) is 0. The van der Waals surface area contributed by atoms with Crippen LogP contribution in [0.15, 0.2) is 30.5 Å². The van der Waals surface area contributed by atoms with E-state index in [1.165, 1.54) is 12.0 Å². The van der Waals surface area contributed by atoms with Crippen LogP contribution in [-0.4, -0.2) is 10.8 Å². The van der Waals surface area contributed by atoms with Crippen LogP contribution in [0.25, 0.3) is 0 Å². The monoisotopic (exact) mass is 303 g/mol. The predicted molar refractivity (Wildman–Crippen MR) is 88.0 cm³/mol. The molecule has 0 saturated heterocycles. The molecule has 0 aliphatic heterocycles. The summed E-state index contributed by atoms with van der Waals surface area (Å²) in [5.74, 6) is 1.05. The highest BCUT2D eigenvalue weighted by Crippen LogP contribution is 2.56. The minimum absolute atomic E-state index is 0.0480. The molecule has 2 unspecified atom stereocenters. The van der Waals surface area contributed by atoms with E-state index in [1.54, 1.807) is 19.2 Å². The van der Waals surface area contributed by atoms with Crippen molar-refractivity contribution < 1.29 is 4.79 Å². The summed E-state index contributed by atoms with van der Waals surface area (Å²) in [6, 6.07) is 9.58. The van der Waals surface area contributed by atoms with Crippen LogP contribution in [0, 0.1) is 11.3 Å². The lowest BCUT2D eigenvalue weighted by molar-refractivity contribution is 0.101. The normalized spacial score (nSPS) is 20.9. The molecule has 0 radical (unpaired) electrons. The van der Waals surface area contributed by atoms with E-state index in [9.17, 15) is 4.79 Å². The molecule has 2 aliphatic carbocycles. The van der Waals surface area contributed by atoms with Crippen LogP contribution in [0.2, 0.25) is 0 Å². The Morgan fingerprint density at radius 3 is 2.83 bits per heavy atom. The van der Waals surface area contributed by atoms with E-state index >= 15 is 0 Å². The molecule has 1 N–H and O–H groups in total. The predicted octanol–water partition coefficient (Wildman–Crippen LogP) is 4.26. The average Bonchev–Trinajstić information content (AvgIpc) is 3.17. The van der Waals surface area contributed by atoms with Crippen LogP contribution >= 0.6 is 0 Å². The number of nitriles is 1. The molecule has 1 aromatic heterocycles. The molecule has 23 heavy (non-hydrogen) atoms. The molecule has 4 heteroatoms. The molecule has 1 fully saturated rings. The third kappa shape index (κ3) is 2.20. The molecule has 2 bridgehead atoms. The van der Waals surface area contributed by atoms with Gasteiger partial charge in [0.1, 0.15) is 5.69 Å². The zero-order valence-electron chi connectivity index (χ0n) is 13.0. The Balaban J connectivity index is 1.79. The maximum absolute atomic E-state index is 11.9. The first-order valence-electron chi connectivity index (χ1n) is 7.98. The van der Waals surface area contributed by atoms with Crippen LogP contribution in [0.1, 0.15) is 65.2 Å². The zero-order chi connectivity index (χ0) is 16.0. The van der Waals surface area contributed by atoms with E-state index in [0.29, 0.717) is 23.1 Å². The Morgan fingerprint density at radius 1 is 1.30 bits per heavy atom. The van der Waals surface area contributed by atoms with Gasteiger partial charge in [-0.3, -0.25) is 9.78 Å². The Bertz CT molecular complexity index is 850. The van der Waals surface area contributed by atoms with Gasteiger partial charge in [-0.15, -0.1) is 0 Å². The Morgan fingerprint density at radius 2 is 2.09 bits per heavy atom. The van der Waals surface area contributed by atoms with Crippen molar-refractivity contribution in [2.24, 2.45) is 0 Å². The lowest BCUT2D eigenvalue weighted by Gasteiger charge is -2.21. The van der Waals surface area contributed by atoms with Crippen molar-refractivity contribution in [3.05, 3.63) is 52.8 Å².